The second-order valence-corrected chi connectivity index (χ2v) is 22.1. The van der Waals surface area contributed by atoms with E-state index in [9.17, 15) is 52.7 Å². The van der Waals surface area contributed by atoms with Gasteiger partial charge in [-0.05, 0) is 109 Å². The van der Waals surface area contributed by atoms with Gasteiger partial charge in [0.15, 0.2) is 40.5 Å². The van der Waals surface area contributed by atoms with Crippen LogP contribution in [0.15, 0.2) is 205 Å². The zero-order chi connectivity index (χ0) is 67.5. The van der Waals surface area contributed by atoms with E-state index >= 15 is 0 Å². The van der Waals surface area contributed by atoms with Gasteiger partial charge in [0.25, 0.3) is 0 Å². The van der Waals surface area contributed by atoms with Crippen LogP contribution in [0.3, 0.4) is 0 Å². The van der Waals surface area contributed by atoms with E-state index in [4.69, 9.17) is 51.9 Å². The van der Waals surface area contributed by atoms with E-state index in [1.54, 1.807) is 24.8 Å². The number of hydrogen-bond acceptors (Lipinski definition) is 22. The second kappa shape index (κ2) is 37.6. The first-order valence-electron chi connectivity index (χ1n) is 24.0. The average molecular weight is 1480 g/mol. The number of aromatic nitrogens is 6. The van der Waals surface area contributed by atoms with E-state index in [1.165, 1.54) is 0 Å². The molecule has 0 aliphatic heterocycles. The Kier molecular flexibility index (Phi) is 33.6. The van der Waals surface area contributed by atoms with Crippen molar-refractivity contribution in [2.45, 2.75) is 48.2 Å². The molecule has 6 heterocycles. The van der Waals surface area contributed by atoms with Crippen LogP contribution >= 0.6 is 0 Å². The van der Waals surface area contributed by atoms with Crippen molar-refractivity contribution in [3.8, 4) is 0 Å². The van der Waals surface area contributed by atoms with Gasteiger partial charge >= 0.3 is 56.2 Å². The van der Waals surface area contributed by atoms with Gasteiger partial charge in [-0.1, -0.05) is 48.5 Å². The molecule has 8 rings (SSSR count). The Hall–Kier alpha value is -7.88. The summed E-state index contributed by atoms with van der Waals surface area (Å²) in [5.41, 5.74) is -13.0. The van der Waals surface area contributed by atoms with Crippen molar-refractivity contribution < 1.29 is 139 Å². The van der Waals surface area contributed by atoms with Gasteiger partial charge in [0, 0.05) is 48.6 Å². The van der Waals surface area contributed by atoms with E-state index in [-0.39, 0.29) is 34.1 Å². The number of alkyl halides is 12. The van der Waals surface area contributed by atoms with Crippen molar-refractivity contribution in [1.29, 1.82) is 0 Å². The zero-order valence-corrected chi connectivity index (χ0v) is 50.8. The van der Waals surface area contributed by atoms with Crippen LogP contribution in [0.5, 0.6) is 0 Å². The van der Waals surface area contributed by atoms with E-state index in [1.807, 2.05) is 158 Å². The molecule has 0 saturated heterocycles. The summed E-state index contributed by atoms with van der Waals surface area (Å²) in [5.74, 6) is 0. The Morgan fingerprint density at radius 2 is 0.554 bits per heavy atom. The largest absolute Gasteiger partial charge is 2.00 e. The van der Waals surface area contributed by atoms with Crippen LogP contribution in [0.4, 0.5) is 75.4 Å². The van der Waals surface area contributed by atoms with Gasteiger partial charge in [-0.15, -0.1) is 0 Å². The molecule has 8 aromatic rings. The number of rotatable bonds is 14. The molecule has 2 radical (unpaired) electrons. The molecule has 0 N–H and O–H groups in total. The summed E-state index contributed by atoms with van der Waals surface area (Å²) in [6.07, 6.45) is 14.4. The van der Waals surface area contributed by atoms with Crippen molar-refractivity contribution >= 4 is 75.7 Å². The minimum Gasteiger partial charge on any atom is -0.741 e. The van der Waals surface area contributed by atoms with Crippen LogP contribution in [-0.2, 0) is 101 Å². The SMILES string of the molecule is C(=Nc1cccc(N(Cc2ccccn2)Cc2ccccn2)c1)c1ccccn1.C(=Nc1cccc(N(Cc2ccccn2)Cc2ccccn2)c1)c1ccccn1.O=S(=O)([O-])C(F)(F)F.O=S(=O)([O-])C(F)(F)F.O=S(=O)([O-])C(F)(F)F.O=S(=O)([O-])C(F)(F)F.[Cu+2].[Cu+2]. The van der Waals surface area contributed by atoms with Gasteiger partial charge in [0.1, 0.15) is 0 Å². The molecule has 0 atom stereocenters. The molecule has 0 fully saturated rings. The fourth-order valence-electron chi connectivity index (χ4n) is 5.95. The number of halogens is 12. The first-order valence-corrected chi connectivity index (χ1v) is 29.7. The molecule has 22 nitrogen and oxygen atoms in total. The van der Waals surface area contributed by atoms with Crippen LogP contribution in [0, 0.1) is 0 Å². The Labute approximate surface area is 538 Å². The van der Waals surface area contributed by atoms with Crippen LogP contribution in [0.25, 0.3) is 0 Å². The predicted molar refractivity (Wildman–Crippen MR) is 296 cm³/mol. The zero-order valence-electron chi connectivity index (χ0n) is 45.6. The van der Waals surface area contributed by atoms with E-state index < -0.39 is 62.5 Å². The molecule has 0 aliphatic rings. The topological polar surface area (TPSA) is 337 Å². The number of nitrogens with zero attached hydrogens (tertiary/aromatic N) is 10. The van der Waals surface area contributed by atoms with Crippen molar-refractivity contribution in [2.24, 2.45) is 9.98 Å². The van der Waals surface area contributed by atoms with Crippen molar-refractivity contribution in [1.82, 2.24) is 29.9 Å². The van der Waals surface area contributed by atoms with Crippen molar-refractivity contribution in [2.75, 3.05) is 9.80 Å². The standard InChI is InChI=1S/2C24H21N5.4CHF3O3S.2Cu/c2*1-4-13-25-21(8-1)17-28-20-11-7-12-24(16-20)29(18-22-9-2-5-14-26-22)19-23-10-3-6-15-27-23;4*2-1(3,4)8(5,6)7;;/h2*1-17H,18-19H2;4*(H,5,6,7);;/q;;;;;;2*+2/p-4. The summed E-state index contributed by atoms with van der Waals surface area (Å²) in [5, 5.41) is 0. The number of aliphatic imine (C=N–C) groups is 2. The number of hydrogen-bond donors (Lipinski definition) is 0. The number of anilines is 2. The quantitative estimate of drug-likeness (QED) is 0.0321. The smallest absolute Gasteiger partial charge is 0.741 e. The molecule has 92 heavy (non-hydrogen) atoms. The molecule has 0 aliphatic carbocycles. The maximum atomic E-state index is 10.7. The maximum Gasteiger partial charge on any atom is 2.00 e. The van der Waals surface area contributed by atoms with Gasteiger partial charge in [-0.25, -0.2) is 33.7 Å². The van der Waals surface area contributed by atoms with Gasteiger partial charge in [-0.2, -0.15) is 52.7 Å². The summed E-state index contributed by atoms with van der Waals surface area (Å²) < 4.78 is 236. The van der Waals surface area contributed by atoms with Crippen molar-refractivity contribution in [3.05, 3.63) is 229 Å². The molecular formula is C52H42Cu2F12N10O12S4. The third-order valence-corrected chi connectivity index (χ3v) is 12.2. The summed E-state index contributed by atoms with van der Waals surface area (Å²) >= 11 is 0. The number of pyridine rings is 6. The maximum absolute atomic E-state index is 10.7. The summed E-state index contributed by atoms with van der Waals surface area (Å²) in [6.45, 7) is 2.74. The van der Waals surface area contributed by atoms with E-state index in [0.717, 1.165) is 56.9 Å². The van der Waals surface area contributed by atoms with E-state index in [2.05, 4.69) is 74.0 Å². The first kappa shape index (κ1) is 82.1. The molecule has 0 amide bonds. The molecule has 40 heteroatoms. The molecule has 502 valence electrons. The van der Waals surface area contributed by atoms with Gasteiger partial charge in [0.05, 0.1) is 84.1 Å². The normalized spacial score (nSPS) is 11.7. The fourth-order valence-corrected chi connectivity index (χ4v) is 5.95. The molecule has 0 unspecified atom stereocenters. The molecule has 0 saturated carbocycles. The summed E-state index contributed by atoms with van der Waals surface area (Å²) in [6, 6.07) is 51.8. The number of benzene rings is 2. The summed E-state index contributed by atoms with van der Waals surface area (Å²) in [7, 11) is -24.4. The van der Waals surface area contributed by atoms with Gasteiger partial charge < -0.3 is 28.0 Å². The van der Waals surface area contributed by atoms with Crippen LogP contribution in [0.1, 0.15) is 34.2 Å². The molecule has 0 spiro atoms. The monoisotopic (exact) mass is 1480 g/mol. The Bertz CT molecular complexity index is 3570. The molecule has 2 aromatic carbocycles. The average Bonchev–Trinajstić information content (AvgIpc) is 1.86. The Morgan fingerprint density at radius 3 is 0.739 bits per heavy atom. The minimum absolute atomic E-state index is 0. The van der Waals surface area contributed by atoms with Crippen LogP contribution in [-0.4, -0.2) is 116 Å². The Morgan fingerprint density at radius 1 is 0.337 bits per heavy atom. The van der Waals surface area contributed by atoms with Crippen LogP contribution < -0.4 is 9.80 Å². The molecule has 6 aromatic heterocycles. The Balaban J connectivity index is 0.000000621. The minimum atomic E-state index is -6.09. The molecule has 0 bridgehead atoms. The third-order valence-electron chi connectivity index (χ3n) is 9.91. The van der Waals surface area contributed by atoms with Crippen LogP contribution in [0.2, 0.25) is 0 Å². The predicted octanol–water partition coefficient (Wildman–Crippen LogP) is 9.86. The fraction of sp³-hybridized carbons (Fsp3) is 0.154. The third kappa shape index (κ3) is 31.9. The first-order chi connectivity index (χ1) is 41.7. The van der Waals surface area contributed by atoms with E-state index in [0.29, 0.717) is 26.2 Å². The molecular weight excluding hydrogens is 1440 g/mol. The second-order valence-electron chi connectivity index (χ2n) is 16.7. The van der Waals surface area contributed by atoms with Gasteiger partial charge in [0.2, 0.25) is 0 Å². The van der Waals surface area contributed by atoms with Crippen molar-refractivity contribution in [3.63, 3.8) is 0 Å². The van der Waals surface area contributed by atoms with Gasteiger partial charge in [-0.3, -0.25) is 39.9 Å². The summed E-state index contributed by atoms with van der Waals surface area (Å²) in [4.78, 5) is 40.2.